The van der Waals surface area contributed by atoms with Crippen molar-refractivity contribution in [2.75, 3.05) is 7.05 Å². The molecule has 1 fully saturated rings. The second kappa shape index (κ2) is 5.70. The molecule has 1 saturated carbocycles. The number of hydrogen-bond donors (Lipinski definition) is 1. The highest BCUT2D eigenvalue weighted by atomic mass is 19.1. The van der Waals surface area contributed by atoms with Crippen LogP contribution in [0, 0.1) is 5.82 Å². The van der Waals surface area contributed by atoms with Gasteiger partial charge in [0.1, 0.15) is 11.6 Å². The van der Waals surface area contributed by atoms with Crippen molar-refractivity contribution in [1.82, 2.24) is 4.90 Å². The van der Waals surface area contributed by atoms with Crippen LogP contribution in [0.4, 0.5) is 4.39 Å². The maximum Gasteiger partial charge on any atom is 0.131 e. The summed E-state index contributed by atoms with van der Waals surface area (Å²) in [5, 5.41) is 9.25. The lowest BCUT2D eigenvalue weighted by Crippen LogP contribution is -2.35. The summed E-state index contributed by atoms with van der Waals surface area (Å²) in [5.41, 5.74) is 0.667. The van der Waals surface area contributed by atoms with E-state index >= 15 is 0 Å². The van der Waals surface area contributed by atoms with Crippen LogP contribution in [0.1, 0.15) is 50.6 Å². The average Bonchev–Trinajstić information content (AvgIpc) is 2.38. The molecule has 0 saturated heterocycles. The summed E-state index contributed by atoms with van der Waals surface area (Å²) >= 11 is 0. The first kappa shape index (κ1) is 13.3. The normalized spacial score (nSPS) is 19.1. The van der Waals surface area contributed by atoms with Gasteiger partial charge in [0.15, 0.2) is 0 Å². The summed E-state index contributed by atoms with van der Waals surface area (Å²) in [6.45, 7) is 2.03. The van der Waals surface area contributed by atoms with E-state index in [-0.39, 0.29) is 17.6 Å². The van der Waals surface area contributed by atoms with Crippen LogP contribution in [0.15, 0.2) is 18.2 Å². The fourth-order valence-electron chi connectivity index (χ4n) is 2.88. The third-order valence-corrected chi connectivity index (χ3v) is 4.20. The third-order valence-electron chi connectivity index (χ3n) is 4.20. The average molecular weight is 251 g/mol. The molecule has 1 aliphatic rings. The highest BCUT2D eigenvalue weighted by Crippen LogP contribution is 2.30. The summed E-state index contributed by atoms with van der Waals surface area (Å²) in [6, 6.07) is 5.05. The first-order valence-electron chi connectivity index (χ1n) is 6.80. The molecule has 100 valence electrons. The molecule has 1 aromatic carbocycles. The van der Waals surface area contributed by atoms with Gasteiger partial charge in [-0.25, -0.2) is 4.39 Å². The summed E-state index contributed by atoms with van der Waals surface area (Å²) in [6.07, 6.45) is 6.30. The molecule has 0 aliphatic heterocycles. The molecule has 1 atom stereocenters. The van der Waals surface area contributed by atoms with Crippen molar-refractivity contribution in [2.45, 2.75) is 51.1 Å². The standard InChI is InChI=1S/C15H22FNO/c1-11(14-9-8-13(18)10-15(14)16)17(2)12-6-4-3-5-7-12/h8-12,18H,3-7H2,1-2H3. The molecular weight excluding hydrogens is 229 g/mol. The summed E-state index contributed by atoms with van der Waals surface area (Å²) in [7, 11) is 2.08. The van der Waals surface area contributed by atoms with E-state index in [9.17, 15) is 9.50 Å². The highest BCUT2D eigenvalue weighted by molar-refractivity contribution is 5.29. The van der Waals surface area contributed by atoms with Crippen LogP contribution in [0.5, 0.6) is 5.75 Å². The SMILES string of the molecule is CC(c1ccc(O)cc1F)N(C)C1CCCCC1. The maximum absolute atomic E-state index is 13.8. The van der Waals surface area contributed by atoms with E-state index < -0.39 is 0 Å². The molecule has 3 heteroatoms. The van der Waals surface area contributed by atoms with Gasteiger partial charge in [-0.1, -0.05) is 25.3 Å². The van der Waals surface area contributed by atoms with Gasteiger partial charge in [0.25, 0.3) is 0 Å². The zero-order valence-electron chi connectivity index (χ0n) is 11.2. The molecule has 18 heavy (non-hydrogen) atoms. The first-order valence-corrected chi connectivity index (χ1v) is 6.80. The van der Waals surface area contributed by atoms with Crippen LogP contribution < -0.4 is 0 Å². The van der Waals surface area contributed by atoms with E-state index in [1.807, 2.05) is 6.92 Å². The largest absolute Gasteiger partial charge is 0.508 e. The van der Waals surface area contributed by atoms with Gasteiger partial charge in [-0.3, -0.25) is 4.90 Å². The van der Waals surface area contributed by atoms with Crippen molar-refractivity contribution in [3.05, 3.63) is 29.6 Å². The van der Waals surface area contributed by atoms with Gasteiger partial charge in [0.2, 0.25) is 0 Å². The van der Waals surface area contributed by atoms with Gasteiger partial charge in [-0.15, -0.1) is 0 Å². The van der Waals surface area contributed by atoms with Crippen LogP contribution in [-0.2, 0) is 0 Å². The topological polar surface area (TPSA) is 23.5 Å². The molecule has 0 aromatic heterocycles. The molecule has 1 unspecified atom stereocenters. The van der Waals surface area contributed by atoms with Gasteiger partial charge >= 0.3 is 0 Å². The number of hydrogen-bond acceptors (Lipinski definition) is 2. The Morgan fingerprint density at radius 2 is 1.94 bits per heavy atom. The summed E-state index contributed by atoms with van der Waals surface area (Å²) in [5.74, 6) is -0.325. The predicted octanol–water partition coefficient (Wildman–Crippen LogP) is 3.86. The van der Waals surface area contributed by atoms with E-state index in [0.29, 0.717) is 11.6 Å². The first-order chi connectivity index (χ1) is 8.59. The molecule has 2 nitrogen and oxygen atoms in total. The lowest BCUT2D eigenvalue weighted by atomic mass is 9.92. The van der Waals surface area contributed by atoms with E-state index in [0.717, 1.165) is 0 Å². The van der Waals surface area contributed by atoms with Gasteiger partial charge in [-0.05, 0) is 32.9 Å². The number of nitrogens with zero attached hydrogens (tertiary/aromatic N) is 1. The van der Waals surface area contributed by atoms with Crippen LogP contribution >= 0.6 is 0 Å². The second-order valence-electron chi connectivity index (χ2n) is 5.34. The number of phenols is 1. The van der Waals surface area contributed by atoms with E-state index in [2.05, 4.69) is 11.9 Å². The van der Waals surface area contributed by atoms with Crippen molar-refractivity contribution >= 4 is 0 Å². The Hall–Kier alpha value is -1.09. The molecule has 1 N–H and O–H groups in total. The monoisotopic (exact) mass is 251 g/mol. The Balaban J connectivity index is 2.11. The van der Waals surface area contributed by atoms with Gasteiger partial charge in [-0.2, -0.15) is 0 Å². The number of halogens is 1. The highest BCUT2D eigenvalue weighted by Gasteiger charge is 2.24. The molecule has 1 aromatic rings. The molecule has 2 rings (SSSR count). The van der Waals surface area contributed by atoms with Crippen molar-refractivity contribution < 1.29 is 9.50 Å². The summed E-state index contributed by atoms with van der Waals surface area (Å²) < 4.78 is 13.8. The predicted molar refractivity (Wildman–Crippen MR) is 71.1 cm³/mol. The van der Waals surface area contributed by atoms with Crippen molar-refractivity contribution in [3.8, 4) is 5.75 Å². The number of benzene rings is 1. The minimum atomic E-state index is -0.315. The third kappa shape index (κ3) is 2.83. The number of aromatic hydroxyl groups is 1. The fourth-order valence-corrected chi connectivity index (χ4v) is 2.88. The molecule has 0 amide bonds. The Kier molecular flexibility index (Phi) is 4.23. The quantitative estimate of drug-likeness (QED) is 0.881. The lowest BCUT2D eigenvalue weighted by molar-refractivity contribution is 0.144. The zero-order chi connectivity index (χ0) is 13.1. The fraction of sp³-hybridized carbons (Fsp3) is 0.600. The van der Waals surface area contributed by atoms with Gasteiger partial charge in [0, 0.05) is 23.7 Å². The molecule has 0 radical (unpaired) electrons. The van der Waals surface area contributed by atoms with Crippen molar-refractivity contribution in [3.63, 3.8) is 0 Å². The second-order valence-corrected chi connectivity index (χ2v) is 5.34. The molecular formula is C15H22FNO. The maximum atomic E-state index is 13.8. The van der Waals surface area contributed by atoms with Gasteiger partial charge in [0.05, 0.1) is 0 Å². The Morgan fingerprint density at radius 3 is 2.56 bits per heavy atom. The number of phenolic OH excluding ortho intramolecular Hbond substituents is 1. The number of rotatable bonds is 3. The van der Waals surface area contributed by atoms with Gasteiger partial charge < -0.3 is 5.11 Å². The Morgan fingerprint density at radius 1 is 1.28 bits per heavy atom. The van der Waals surface area contributed by atoms with Crippen molar-refractivity contribution in [2.24, 2.45) is 0 Å². The van der Waals surface area contributed by atoms with E-state index in [4.69, 9.17) is 0 Å². The van der Waals surface area contributed by atoms with Crippen LogP contribution in [0.25, 0.3) is 0 Å². The van der Waals surface area contributed by atoms with Crippen LogP contribution in [0.2, 0.25) is 0 Å². The Labute approximate surface area is 108 Å². The zero-order valence-corrected chi connectivity index (χ0v) is 11.2. The Bertz CT molecular complexity index is 401. The van der Waals surface area contributed by atoms with Crippen molar-refractivity contribution in [1.29, 1.82) is 0 Å². The minimum absolute atomic E-state index is 0.0104. The molecule has 0 heterocycles. The van der Waals surface area contributed by atoms with Crippen LogP contribution in [-0.4, -0.2) is 23.1 Å². The smallest absolute Gasteiger partial charge is 0.131 e. The van der Waals surface area contributed by atoms with E-state index in [1.54, 1.807) is 12.1 Å². The van der Waals surface area contributed by atoms with E-state index in [1.165, 1.54) is 38.2 Å². The lowest BCUT2D eigenvalue weighted by Gasteiger charge is -2.35. The molecule has 0 spiro atoms. The molecule has 0 bridgehead atoms. The molecule has 1 aliphatic carbocycles. The minimum Gasteiger partial charge on any atom is -0.508 e. The van der Waals surface area contributed by atoms with Crippen LogP contribution in [0.3, 0.4) is 0 Å². The summed E-state index contributed by atoms with van der Waals surface area (Å²) in [4.78, 5) is 2.27.